The molecule has 1 aliphatic heterocycles. The second-order valence-corrected chi connectivity index (χ2v) is 18.7. The molecule has 0 saturated carbocycles. The van der Waals surface area contributed by atoms with E-state index >= 15 is 0 Å². The molecule has 4 aromatic carbocycles. The van der Waals surface area contributed by atoms with Crippen LogP contribution in [0.5, 0.6) is 11.5 Å². The largest absolute Gasteiger partial charge is 0.456 e. The van der Waals surface area contributed by atoms with Crippen LogP contribution >= 0.6 is 0 Å². The summed E-state index contributed by atoms with van der Waals surface area (Å²) in [7, 11) is -19.2. The summed E-state index contributed by atoms with van der Waals surface area (Å²) < 4.78 is 138. The van der Waals surface area contributed by atoms with Gasteiger partial charge in [-0.3, -0.25) is 13.7 Å². The summed E-state index contributed by atoms with van der Waals surface area (Å²) >= 11 is 0. The van der Waals surface area contributed by atoms with Crippen LogP contribution in [0, 0.1) is 0 Å². The summed E-state index contributed by atoms with van der Waals surface area (Å²) in [4.78, 5) is 11.0. The van der Waals surface area contributed by atoms with Gasteiger partial charge in [-0.1, -0.05) is 24.8 Å². The summed E-state index contributed by atoms with van der Waals surface area (Å²) in [5.74, 6) is -0.348. The predicted molar refractivity (Wildman–Crippen MR) is 216 cm³/mol. The minimum absolute atomic E-state index is 0.0107. The third kappa shape index (κ3) is 9.44. The van der Waals surface area contributed by atoms with Gasteiger partial charge in [0.1, 0.15) is 21.3 Å². The molecule has 0 saturated heterocycles. The van der Waals surface area contributed by atoms with Crippen LogP contribution in [0.15, 0.2) is 92.4 Å². The quantitative estimate of drug-likeness (QED) is 0.0572. The van der Waals surface area contributed by atoms with E-state index in [0.29, 0.717) is 58.3 Å². The van der Waals surface area contributed by atoms with Gasteiger partial charge in [-0.05, 0) is 67.6 Å². The fourth-order valence-corrected chi connectivity index (χ4v) is 9.16. The maximum Gasteiger partial charge on any atom is 0.296 e. The van der Waals surface area contributed by atoms with Crippen molar-refractivity contribution in [2.45, 2.75) is 33.4 Å². The number of anilines is 5. The number of nitrogen functional groups attached to an aromatic ring is 1. The van der Waals surface area contributed by atoms with E-state index < -0.39 is 77.5 Å². The lowest BCUT2D eigenvalue weighted by Crippen LogP contribution is -2.29. The summed E-state index contributed by atoms with van der Waals surface area (Å²) in [5, 5.41) is 6.16. The summed E-state index contributed by atoms with van der Waals surface area (Å²) in [5.41, 5.74) is 6.93. The van der Waals surface area contributed by atoms with Crippen molar-refractivity contribution in [3.05, 3.63) is 94.4 Å². The van der Waals surface area contributed by atoms with Crippen molar-refractivity contribution in [3.8, 4) is 11.5 Å². The lowest BCUT2D eigenvalue weighted by Gasteiger charge is -2.26. The van der Waals surface area contributed by atoms with Crippen molar-refractivity contribution < 1.29 is 52.1 Å². The van der Waals surface area contributed by atoms with Crippen molar-refractivity contribution in [3.63, 3.8) is 0 Å². The molecule has 20 nitrogen and oxygen atoms in total. The lowest BCUT2D eigenvalue weighted by atomic mass is 9.92. The molecule has 312 valence electrons. The van der Waals surface area contributed by atoms with Gasteiger partial charge in [0.25, 0.3) is 30.4 Å². The molecule has 0 atom stereocenters. The van der Waals surface area contributed by atoms with E-state index in [1.165, 1.54) is 12.1 Å². The van der Waals surface area contributed by atoms with Crippen LogP contribution in [0.4, 0.5) is 29.2 Å². The maximum absolute atomic E-state index is 13.5. The Kier molecular flexibility index (Phi) is 11.7. The zero-order valence-electron chi connectivity index (χ0n) is 31.0. The van der Waals surface area contributed by atoms with Crippen LogP contribution < -0.4 is 41.2 Å². The average Bonchev–Trinajstić information content (AvgIpc) is 3.14. The highest BCUT2D eigenvalue weighted by Crippen LogP contribution is 2.40. The molecule has 1 aliphatic rings. The molecule has 0 aliphatic carbocycles. The standard InChI is InChI=1S/C35H36N8O12S4/c1-4-43(5-2)21-7-11-25-29(17-21)55-28-16-20(3)6-10-24(28)32(25)26-12-8-22(19-31(26)59(52,53)54)56(44,45)38-15-14-37-34-40-33(36)41-35(42-34)39-27-18-23(57(46,47)48)9-13-30(27)58(49,50)51/h6-13,16-19,38H,3-5,14-15H2,1-2H3,(H,46,47,48)(H,49,50,51)(H,52,53,54)(H4,36,37,39,40,41,42). The average molecular weight is 889 g/mol. The van der Waals surface area contributed by atoms with Crippen LogP contribution in [-0.2, 0) is 40.4 Å². The Balaban J connectivity index is 1.26. The molecule has 8 N–H and O–H groups in total. The number of hydrogen-bond acceptors (Lipinski definition) is 16. The van der Waals surface area contributed by atoms with Gasteiger partial charge in [-0.15, -0.1) is 0 Å². The number of sulfonamides is 1. The SMILES string of the molecule is C=c1ccc2c(c1)Oc1cc(N(CC)CC)ccc1C=2c1ccc(S(=O)(=O)NCCNc2nc(N)nc(Nc3cc(S(=O)(=O)O)ccc3S(=O)(=O)O)n2)cc1S(=O)(=O)O. The Morgan fingerprint density at radius 2 is 1.36 bits per heavy atom. The molecule has 5 aromatic rings. The molecular weight excluding hydrogens is 853 g/mol. The lowest BCUT2D eigenvalue weighted by molar-refractivity contribution is 0.471. The number of fused-ring (bicyclic) bond motifs is 2. The minimum atomic E-state index is -5.04. The summed E-state index contributed by atoms with van der Waals surface area (Å²) in [6, 6.07) is 16.0. The second-order valence-electron chi connectivity index (χ2n) is 12.7. The first-order valence-electron chi connectivity index (χ1n) is 17.2. The highest BCUT2D eigenvalue weighted by Gasteiger charge is 2.29. The van der Waals surface area contributed by atoms with Crippen molar-refractivity contribution in [1.29, 1.82) is 0 Å². The van der Waals surface area contributed by atoms with Gasteiger partial charge in [-0.2, -0.15) is 40.2 Å². The van der Waals surface area contributed by atoms with Crippen LogP contribution in [0.25, 0.3) is 12.2 Å². The number of benzene rings is 4. The normalized spacial score (nSPS) is 12.9. The molecule has 0 unspecified atom stereocenters. The first kappa shape index (κ1) is 42.9. The summed E-state index contributed by atoms with van der Waals surface area (Å²) in [6.45, 7) is 8.83. The second kappa shape index (κ2) is 16.1. The van der Waals surface area contributed by atoms with Gasteiger partial charge < -0.3 is 26.0 Å². The Bertz CT molecular complexity index is 3070. The highest BCUT2D eigenvalue weighted by atomic mass is 32.2. The predicted octanol–water partition coefficient (Wildman–Crippen LogP) is 1.94. The van der Waals surface area contributed by atoms with E-state index in [1.54, 1.807) is 24.3 Å². The molecule has 24 heteroatoms. The van der Waals surface area contributed by atoms with Crippen molar-refractivity contribution in [1.82, 2.24) is 19.7 Å². The van der Waals surface area contributed by atoms with E-state index in [-0.39, 0.29) is 24.6 Å². The number of nitrogens with two attached hydrogens (primary N) is 1. The van der Waals surface area contributed by atoms with Gasteiger partial charge in [-0.25, -0.2) is 13.1 Å². The maximum atomic E-state index is 13.5. The number of rotatable bonds is 15. The Hall–Kier alpha value is -5.73. The van der Waals surface area contributed by atoms with Crippen LogP contribution in [0.1, 0.15) is 25.0 Å². The molecule has 0 radical (unpaired) electrons. The van der Waals surface area contributed by atoms with Gasteiger partial charge >= 0.3 is 0 Å². The fraction of sp³-hybridized carbons (Fsp3) is 0.171. The molecule has 0 amide bonds. The van der Waals surface area contributed by atoms with Crippen LogP contribution in [0.2, 0.25) is 0 Å². The van der Waals surface area contributed by atoms with E-state index in [2.05, 4.69) is 41.8 Å². The number of aromatic nitrogens is 3. The van der Waals surface area contributed by atoms with Gasteiger partial charge in [0, 0.05) is 59.9 Å². The zero-order chi connectivity index (χ0) is 43.1. The summed E-state index contributed by atoms with van der Waals surface area (Å²) in [6.07, 6.45) is 0. The van der Waals surface area contributed by atoms with Crippen molar-refractivity contribution in [2.24, 2.45) is 0 Å². The monoisotopic (exact) mass is 888 g/mol. The molecule has 2 heterocycles. The molecule has 1 aromatic heterocycles. The smallest absolute Gasteiger partial charge is 0.296 e. The van der Waals surface area contributed by atoms with Gasteiger partial charge in [0.15, 0.2) is 0 Å². The Labute approximate surface area is 338 Å². The number of nitrogens with zero attached hydrogens (tertiary/aromatic N) is 4. The molecular formula is C35H36N8O12S4. The third-order valence-electron chi connectivity index (χ3n) is 8.84. The van der Waals surface area contributed by atoms with E-state index in [0.717, 1.165) is 17.8 Å². The number of nitrogens with one attached hydrogen (secondary N) is 3. The van der Waals surface area contributed by atoms with Crippen LogP contribution in [0.3, 0.4) is 0 Å². The Morgan fingerprint density at radius 3 is 2.02 bits per heavy atom. The first-order valence-corrected chi connectivity index (χ1v) is 23.0. The van der Waals surface area contributed by atoms with Gasteiger partial charge in [0.05, 0.1) is 15.5 Å². The topological polar surface area (TPSA) is 310 Å². The number of hydrogen-bond donors (Lipinski definition) is 7. The van der Waals surface area contributed by atoms with Crippen molar-refractivity contribution in [2.75, 3.05) is 47.4 Å². The Morgan fingerprint density at radius 1 is 0.695 bits per heavy atom. The molecule has 0 bridgehead atoms. The van der Waals surface area contributed by atoms with E-state index in [1.807, 2.05) is 26.0 Å². The highest BCUT2D eigenvalue weighted by molar-refractivity contribution is 7.89. The third-order valence-corrected chi connectivity index (χ3v) is 12.9. The van der Waals surface area contributed by atoms with Crippen molar-refractivity contribution >= 4 is 81.7 Å². The molecule has 0 spiro atoms. The minimum Gasteiger partial charge on any atom is -0.456 e. The zero-order valence-corrected chi connectivity index (χ0v) is 34.2. The molecule has 0 fully saturated rings. The molecule has 59 heavy (non-hydrogen) atoms. The number of ether oxygens (including phenoxy) is 1. The fourth-order valence-electron chi connectivity index (χ4n) is 6.17. The van der Waals surface area contributed by atoms with E-state index in [4.69, 9.17) is 10.5 Å². The molecule has 6 rings (SSSR count). The van der Waals surface area contributed by atoms with Gasteiger partial charge in [0.2, 0.25) is 27.9 Å². The first-order chi connectivity index (χ1) is 27.6. The van der Waals surface area contributed by atoms with Crippen LogP contribution in [-0.4, -0.2) is 88.5 Å². The van der Waals surface area contributed by atoms with E-state index in [9.17, 15) is 47.3 Å².